The van der Waals surface area contributed by atoms with Crippen molar-refractivity contribution in [3.05, 3.63) is 29.8 Å². The minimum atomic E-state index is -0.745. The number of aromatic hydroxyl groups is 1. The summed E-state index contributed by atoms with van der Waals surface area (Å²) in [6.45, 7) is -0.406. The van der Waals surface area contributed by atoms with Crippen LogP contribution in [0.4, 0.5) is 0 Å². The summed E-state index contributed by atoms with van der Waals surface area (Å²) in [7, 11) is 0. The molecule has 0 aliphatic rings. The van der Waals surface area contributed by atoms with Gasteiger partial charge in [-0.3, -0.25) is 4.79 Å². The van der Waals surface area contributed by atoms with Gasteiger partial charge in [-0.25, -0.2) is 4.79 Å². The van der Waals surface area contributed by atoms with Crippen LogP contribution in [0, 0.1) is 0 Å². The maximum atomic E-state index is 11.2. The van der Waals surface area contributed by atoms with Crippen LogP contribution in [-0.2, 0) is 9.53 Å². The van der Waals surface area contributed by atoms with E-state index < -0.39 is 17.7 Å². The molecule has 1 aromatic rings. The standard InChI is InChI=1S/C9H8O4S/c10-7-4-2-1-3-6(7)9(12)13-5-8(11)14/h1-4,10H,5H2,(H,11,14). The van der Waals surface area contributed by atoms with Crippen LogP contribution in [0.5, 0.6) is 5.75 Å². The molecule has 0 fully saturated rings. The van der Waals surface area contributed by atoms with E-state index in [0.717, 1.165) is 0 Å². The van der Waals surface area contributed by atoms with Crippen LogP contribution >= 0.6 is 12.6 Å². The Hall–Kier alpha value is -1.49. The monoisotopic (exact) mass is 212 g/mol. The summed E-state index contributed by atoms with van der Waals surface area (Å²) < 4.78 is 4.55. The summed E-state index contributed by atoms with van der Waals surface area (Å²) in [5.41, 5.74) is 0.0297. The largest absolute Gasteiger partial charge is 0.507 e. The van der Waals surface area contributed by atoms with E-state index in [4.69, 9.17) is 0 Å². The van der Waals surface area contributed by atoms with Gasteiger partial charge in [0.05, 0.1) is 0 Å². The normalized spacial score (nSPS) is 9.50. The molecule has 5 heteroatoms. The number of benzene rings is 1. The van der Waals surface area contributed by atoms with Gasteiger partial charge in [0.15, 0.2) is 6.61 Å². The molecule has 74 valence electrons. The number of hydrogen-bond acceptors (Lipinski definition) is 4. The van der Waals surface area contributed by atoms with E-state index in [0.29, 0.717) is 0 Å². The second-order valence-electron chi connectivity index (χ2n) is 2.49. The smallest absolute Gasteiger partial charge is 0.342 e. The molecule has 1 aromatic carbocycles. The molecular formula is C9H8O4S. The van der Waals surface area contributed by atoms with Gasteiger partial charge in [0.2, 0.25) is 5.12 Å². The first-order valence-corrected chi connectivity index (χ1v) is 4.23. The fourth-order valence-corrected chi connectivity index (χ4v) is 0.916. The van der Waals surface area contributed by atoms with Gasteiger partial charge in [0.1, 0.15) is 11.3 Å². The van der Waals surface area contributed by atoms with Gasteiger partial charge in [-0.15, -0.1) is 12.6 Å². The number of phenols is 1. The maximum absolute atomic E-state index is 11.2. The molecule has 0 amide bonds. The molecule has 0 atom stereocenters. The van der Waals surface area contributed by atoms with E-state index >= 15 is 0 Å². The van der Waals surface area contributed by atoms with Crippen LogP contribution in [0.2, 0.25) is 0 Å². The number of para-hydroxylation sites is 1. The Labute approximate surface area is 85.9 Å². The molecule has 0 saturated carbocycles. The molecular weight excluding hydrogens is 204 g/mol. The Kier molecular flexibility index (Phi) is 3.53. The first kappa shape index (κ1) is 10.6. The highest BCUT2D eigenvalue weighted by molar-refractivity contribution is 7.96. The Balaban J connectivity index is 2.70. The fraction of sp³-hybridized carbons (Fsp3) is 0.111. The van der Waals surface area contributed by atoms with Crippen molar-refractivity contribution in [3.8, 4) is 5.75 Å². The van der Waals surface area contributed by atoms with Gasteiger partial charge < -0.3 is 9.84 Å². The second-order valence-corrected chi connectivity index (χ2v) is 2.99. The predicted molar refractivity (Wildman–Crippen MR) is 52.4 cm³/mol. The van der Waals surface area contributed by atoms with E-state index in [1.807, 2.05) is 0 Å². The number of esters is 1. The molecule has 14 heavy (non-hydrogen) atoms. The Morgan fingerprint density at radius 2 is 2.00 bits per heavy atom. The van der Waals surface area contributed by atoms with E-state index in [1.54, 1.807) is 12.1 Å². The van der Waals surface area contributed by atoms with Crippen LogP contribution in [0.25, 0.3) is 0 Å². The number of rotatable bonds is 3. The van der Waals surface area contributed by atoms with Crippen molar-refractivity contribution >= 4 is 23.7 Å². The first-order chi connectivity index (χ1) is 6.61. The number of phenolic OH excluding ortho intramolecular Hbond substituents is 1. The molecule has 0 radical (unpaired) electrons. The van der Waals surface area contributed by atoms with Crippen molar-refractivity contribution < 1.29 is 19.4 Å². The van der Waals surface area contributed by atoms with Crippen molar-refractivity contribution in [1.82, 2.24) is 0 Å². The van der Waals surface area contributed by atoms with Gasteiger partial charge in [-0.2, -0.15) is 0 Å². The number of thiol groups is 1. The van der Waals surface area contributed by atoms with Crippen LogP contribution < -0.4 is 0 Å². The average molecular weight is 212 g/mol. The molecule has 0 spiro atoms. The Bertz CT molecular complexity index is 362. The van der Waals surface area contributed by atoms with Gasteiger partial charge in [-0.1, -0.05) is 12.1 Å². The van der Waals surface area contributed by atoms with Crippen molar-refractivity contribution in [1.29, 1.82) is 0 Å². The third-order valence-corrected chi connectivity index (χ3v) is 1.58. The summed E-state index contributed by atoms with van der Waals surface area (Å²) >= 11 is 3.43. The summed E-state index contributed by atoms with van der Waals surface area (Å²) in [5, 5.41) is 8.69. The molecule has 0 aromatic heterocycles. The zero-order chi connectivity index (χ0) is 10.6. The third kappa shape index (κ3) is 2.77. The van der Waals surface area contributed by atoms with E-state index in [2.05, 4.69) is 17.4 Å². The topological polar surface area (TPSA) is 63.6 Å². The molecule has 0 aliphatic carbocycles. The number of carbonyl (C=O) groups is 2. The lowest BCUT2D eigenvalue weighted by atomic mass is 10.2. The summed E-state index contributed by atoms with van der Waals surface area (Å²) in [6, 6.07) is 5.93. The molecule has 4 nitrogen and oxygen atoms in total. The van der Waals surface area contributed by atoms with Crippen molar-refractivity contribution in [2.75, 3.05) is 6.61 Å². The zero-order valence-corrected chi connectivity index (χ0v) is 8.03. The number of carbonyl (C=O) groups excluding carboxylic acids is 2. The molecule has 0 bridgehead atoms. The lowest BCUT2D eigenvalue weighted by molar-refractivity contribution is -0.113. The number of hydrogen-bond donors (Lipinski definition) is 2. The minimum Gasteiger partial charge on any atom is -0.507 e. The van der Waals surface area contributed by atoms with E-state index in [1.165, 1.54) is 12.1 Å². The summed E-state index contributed by atoms with van der Waals surface area (Å²) in [4.78, 5) is 21.6. The lowest BCUT2D eigenvalue weighted by Crippen LogP contribution is -2.10. The highest BCUT2D eigenvalue weighted by atomic mass is 32.1. The predicted octanol–water partition coefficient (Wildman–Crippen LogP) is 1.01. The van der Waals surface area contributed by atoms with Gasteiger partial charge in [-0.05, 0) is 12.1 Å². The molecule has 1 rings (SSSR count). The van der Waals surface area contributed by atoms with Crippen LogP contribution in [0.3, 0.4) is 0 Å². The highest BCUT2D eigenvalue weighted by Crippen LogP contribution is 2.16. The van der Waals surface area contributed by atoms with Crippen LogP contribution in [0.1, 0.15) is 10.4 Å². The maximum Gasteiger partial charge on any atom is 0.342 e. The second kappa shape index (κ2) is 4.66. The van der Waals surface area contributed by atoms with Gasteiger partial charge in [0.25, 0.3) is 0 Å². The highest BCUT2D eigenvalue weighted by Gasteiger charge is 2.11. The molecule has 0 aliphatic heterocycles. The van der Waals surface area contributed by atoms with Gasteiger partial charge >= 0.3 is 5.97 Å². The molecule has 0 saturated heterocycles. The van der Waals surface area contributed by atoms with Crippen molar-refractivity contribution in [2.45, 2.75) is 0 Å². The first-order valence-electron chi connectivity index (χ1n) is 3.78. The van der Waals surface area contributed by atoms with Crippen molar-refractivity contribution in [3.63, 3.8) is 0 Å². The minimum absolute atomic E-state index is 0.0297. The summed E-state index contributed by atoms with van der Waals surface area (Å²) in [5.74, 6) is -0.922. The van der Waals surface area contributed by atoms with E-state index in [9.17, 15) is 14.7 Å². The van der Waals surface area contributed by atoms with Crippen LogP contribution in [0.15, 0.2) is 24.3 Å². The summed E-state index contributed by atoms with van der Waals surface area (Å²) in [6.07, 6.45) is 0. The molecule has 1 N–H and O–H groups in total. The molecule has 0 heterocycles. The molecule has 0 unspecified atom stereocenters. The van der Waals surface area contributed by atoms with Crippen molar-refractivity contribution in [2.24, 2.45) is 0 Å². The fourth-order valence-electron chi connectivity index (χ4n) is 0.851. The number of ether oxygens (including phenoxy) is 1. The lowest BCUT2D eigenvalue weighted by Gasteiger charge is -2.03. The average Bonchev–Trinajstić information content (AvgIpc) is 2.15. The van der Waals surface area contributed by atoms with E-state index in [-0.39, 0.29) is 11.3 Å². The van der Waals surface area contributed by atoms with Gasteiger partial charge in [0, 0.05) is 0 Å². The Morgan fingerprint density at radius 3 is 2.57 bits per heavy atom. The zero-order valence-electron chi connectivity index (χ0n) is 7.14. The third-order valence-electron chi connectivity index (χ3n) is 1.45. The quantitative estimate of drug-likeness (QED) is 0.579. The Morgan fingerprint density at radius 1 is 1.36 bits per heavy atom. The van der Waals surface area contributed by atoms with Crippen LogP contribution in [-0.4, -0.2) is 22.8 Å². The SMILES string of the molecule is O=C(S)COC(=O)c1ccccc1O.